The lowest BCUT2D eigenvalue weighted by atomic mass is 9.98. The smallest absolute Gasteiger partial charge is 0.317 e. The van der Waals surface area contributed by atoms with Gasteiger partial charge in [-0.1, -0.05) is 29.8 Å². The van der Waals surface area contributed by atoms with E-state index in [1.807, 2.05) is 18.2 Å². The molecule has 0 spiro atoms. The van der Waals surface area contributed by atoms with Crippen LogP contribution >= 0.6 is 11.6 Å². The predicted octanol–water partition coefficient (Wildman–Crippen LogP) is 1.38. The Labute approximate surface area is 97.4 Å². The van der Waals surface area contributed by atoms with E-state index in [9.17, 15) is 9.59 Å². The fourth-order valence-corrected chi connectivity index (χ4v) is 1.85. The molecule has 1 unspecified atom stereocenters. The Kier molecular flexibility index (Phi) is 2.83. The molecule has 84 valence electrons. The maximum atomic E-state index is 11.4. The Morgan fingerprint density at radius 1 is 1.50 bits per heavy atom. The van der Waals surface area contributed by atoms with Crippen LogP contribution in [0.4, 0.5) is 0 Å². The number of halogens is 1. The van der Waals surface area contributed by atoms with E-state index in [0.29, 0.717) is 11.6 Å². The first-order valence-electron chi connectivity index (χ1n) is 4.84. The van der Waals surface area contributed by atoms with Gasteiger partial charge in [-0.25, -0.2) is 0 Å². The normalized spacial score (nSPS) is 19.4. The average molecular weight is 240 g/mol. The van der Waals surface area contributed by atoms with E-state index in [1.54, 1.807) is 6.07 Å². The van der Waals surface area contributed by atoms with Crippen LogP contribution in [0.3, 0.4) is 0 Å². The van der Waals surface area contributed by atoms with E-state index in [0.717, 1.165) is 5.56 Å². The van der Waals surface area contributed by atoms with Crippen molar-refractivity contribution in [3.8, 4) is 0 Å². The van der Waals surface area contributed by atoms with Gasteiger partial charge >= 0.3 is 5.97 Å². The minimum atomic E-state index is -1.06. The Bertz CT molecular complexity index is 447. The topological polar surface area (TPSA) is 57.6 Å². The quantitative estimate of drug-likeness (QED) is 0.641. The van der Waals surface area contributed by atoms with Gasteiger partial charge in [0.25, 0.3) is 0 Å². The van der Waals surface area contributed by atoms with Gasteiger partial charge in [-0.15, -0.1) is 0 Å². The second-order valence-electron chi connectivity index (χ2n) is 3.70. The molecule has 0 saturated carbocycles. The van der Waals surface area contributed by atoms with E-state index in [-0.39, 0.29) is 12.5 Å². The predicted molar refractivity (Wildman–Crippen MR) is 58.0 cm³/mol. The maximum Gasteiger partial charge on any atom is 0.317 e. The molecule has 1 fully saturated rings. The van der Waals surface area contributed by atoms with Gasteiger partial charge in [-0.05, 0) is 11.6 Å². The van der Waals surface area contributed by atoms with Crippen molar-refractivity contribution in [3.05, 3.63) is 34.9 Å². The highest BCUT2D eigenvalue weighted by Crippen LogP contribution is 2.23. The number of amides is 1. The SMILES string of the molecule is O=C(O)C1CN(Cc2ccccc2Cl)C1=O. The molecule has 1 aliphatic rings. The number of hydrogen-bond acceptors (Lipinski definition) is 2. The Morgan fingerprint density at radius 3 is 2.75 bits per heavy atom. The number of carbonyl (C=O) groups excluding carboxylic acids is 1. The van der Waals surface area contributed by atoms with E-state index in [4.69, 9.17) is 16.7 Å². The molecule has 1 atom stereocenters. The van der Waals surface area contributed by atoms with Crippen molar-refractivity contribution in [1.82, 2.24) is 4.90 Å². The number of hydrogen-bond donors (Lipinski definition) is 1. The lowest BCUT2D eigenvalue weighted by Gasteiger charge is -2.36. The summed E-state index contributed by atoms with van der Waals surface area (Å²) in [7, 11) is 0. The highest BCUT2D eigenvalue weighted by atomic mass is 35.5. The van der Waals surface area contributed by atoms with Gasteiger partial charge in [0.2, 0.25) is 5.91 Å². The zero-order chi connectivity index (χ0) is 11.7. The molecule has 1 saturated heterocycles. The summed E-state index contributed by atoms with van der Waals surface area (Å²) < 4.78 is 0. The van der Waals surface area contributed by atoms with Gasteiger partial charge in [0.15, 0.2) is 5.92 Å². The molecular formula is C11H10ClNO3. The number of carboxylic acid groups (broad SMARTS) is 1. The second kappa shape index (κ2) is 4.14. The Morgan fingerprint density at radius 2 is 2.19 bits per heavy atom. The number of β-lactam (4-membered cyclic amide) rings is 1. The number of carboxylic acids is 1. The molecule has 2 rings (SSSR count). The van der Waals surface area contributed by atoms with Gasteiger partial charge < -0.3 is 10.0 Å². The molecule has 1 N–H and O–H groups in total. The summed E-state index contributed by atoms with van der Waals surface area (Å²) in [5, 5.41) is 9.26. The third-order valence-corrected chi connectivity index (χ3v) is 3.00. The van der Waals surface area contributed by atoms with Crippen molar-refractivity contribution in [1.29, 1.82) is 0 Å². The summed E-state index contributed by atoms with van der Waals surface area (Å²) in [5.74, 6) is -2.27. The maximum absolute atomic E-state index is 11.4. The third-order valence-electron chi connectivity index (χ3n) is 2.63. The van der Waals surface area contributed by atoms with E-state index >= 15 is 0 Å². The largest absolute Gasteiger partial charge is 0.481 e. The lowest BCUT2D eigenvalue weighted by Crippen LogP contribution is -2.55. The zero-order valence-corrected chi connectivity index (χ0v) is 9.15. The van der Waals surface area contributed by atoms with Gasteiger partial charge in [0.1, 0.15) is 0 Å². The van der Waals surface area contributed by atoms with E-state index in [2.05, 4.69) is 0 Å². The first-order valence-corrected chi connectivity index (χ1v) is 5.22. The number of benzene rings is 1. The van der Waals surface area contributed by atoms with Crippen LogP contribution in [-0.4, -0.2) is 28.4 Å². The lowest BCUT2D eigenvalue weighted by molar-refractivity contribution is -0.162. The molecule has 0 aromatic heterocycles. The van der Waals surface area contributed by atoms with Crippen LogP contribution in [0.2, 0.25) is 5.02 Å². The van der Waals surface area contributed by atoms with Crippen molar-refractivity contribution >= 4 is 23.5 Å². The fourth-order valence-electron chi connectivity index (χ4n) is 1.65. The second-order valence-corrected chi connectivity index (χ2v) is 4.11. The van der Waals surface area contributed by atoms with Crippen LogP contribution in [0.15, 0.2) is 24.3 Å². The zero-order valence-electron chi connectivity index (χ0n) is 8.39. The summed E-state index contributed by atoms with van der Waals surface area (Å²) in [6.45, 7) is 0.641. The van der Waals surface area contributed by atoms with Crippen molar-refractivity contribution in [2.24, 2.45) is 5.92 Å². The number of nitrogens with zero attached hydrogens (tertiary/aromatic N) is 1. The van der Waals surface area contributed by atoms with Crippen LogP contribution in [0.25, 0.3) is 0 Å². The molecular weight excluding hydrogens is 230 g/mol. The molecule has 0 bridgehead atoms. The Balaban J connectivity index is 2.02. The summed E-state index contributed by atoms with van der Waals surface area (Å²) in [4.78, 5) is 23.5. The molecule has 4 nitrogen and oxygen atoms in total. The van der Waals surface area contributed by atoms with Crippen LogP contribution in [-0.2, 0) is 16.1 Å². The molecule has 1 aromatic carbocycles. The number of aliphatic carboxylic acids is 1. The Hall–Kier alpha value is -1.55. The minimum absolute atomic E-state index is 0.263. The summed E-state index contributed by atoms with van der Waals surface area (Å²) in [5.41, 5.74) is 0.835. The van der Waals surface area contributed by atoms with Crippen LogP contribution in [0, 0.1) is 5.92 Å². The fraction of sp³-hybridized carbons (Fsp3) is 0.273. The summed E-state index contributed by atoms with van der Waals surface area (Å²) >= 11 is 5.94. The van der Waals surface area contributed by atoms with Crippen molar-refractivity contribution in [2.45, 2.75) is 6.54 Å². The van der Waals surface area contributed by atoms with Crippen LogP contribution in [0.5, 0.6) is 0 Å². The number of likely N-dealkylation sites (tertiary alicyclic amines) is 1. The van der Waals surface area contributed by atoms with Gasteiger partial charge in [-0.2, -0.15) is 0 Å². The number of rotatable bonds is 3. The van der Waals surface area contributed by atoms with E-state index in [1.165, 1.54) is 4.90 Å². The molecule has 16 heavy (non-hydrogen) atoms. The van der Waals surface area contributed by atoms with Crippen LogP contribution < -0.4 is 0 Å². The monoisotopic (exact) mass is 239 g/mol. The molecule has 0 aliphatic carbocycles. The molecule has 1 heterocycles. The van der Waals surface area contributed by atoms with E-state index < -0.39 is 11.9 Å². The summed E-state index contributed by atoms with van der Waals surface area (Å²) in [6, 6.07) is 7.21. The molecule has 5 heteroatoms. The van der Waals surface area contributed by atoms with Gasteiger partial charge in [0, 0.05) is 18.1 Å². The molecule has 1 amide bonds. The average Bonchev–Trinajstić information content (AvgIpc) is 2.24. The minimum Gasteiger partial charge on any atom is -0.481 e. The number of carbonyl (C=O) groups is 2. The highest BCUT2D eigenvalue weighted by molar-refractivity contribution is 6.31. The highest BCUT2D eigenvalue weighted by Gasteiger charge is 2.41. The molecule has 0 radical (unpaired) electrons. The molecule has 1 aliphatic heterocycles. The van der Waals surface area contributed by atoms with Crippen LogP contribution in [0.1, 0.15) is 5.56 Å². The van der Waals surface area contributed by atoms with Crippen molar-refractivity contribution < 1.29 is 14.7 Å². The first kappa shape index (κ1) is 11.0. The van der Waals surface area contributed by atoms with Crippen molar-refractivity contribution in [3.63, 3.8) is 0 Å². The molecule has 1 aromatic rings. The van der Waals surface area contributed by atoms with Gasteiger partial charge in [0.05, 0.1) is 0 Å². The standard InChI is InChI=1S/C11H10ClNO3/c12-9-4-2-1-3-7(9)5-13-6-8(10(13)14)11(15)16/h1-4,8H,5-6H2,(H,15,16). The first-order chi connectivity index (χ1) is 7.59. The summed E-state index contributed by atoms with van der Waals surface area (Å²) in [6.07, 6.45) is 0. The third kappa shape index (κ3) is 1.88. The van der Waals surface area contributed by atoms with Crippen molar-refractivity contribution in [2.75, 3.05) is 6.54 Å². The van der Waals surface area contributed by atoms with Gasteiger partial charge in [-0.3, -0.25) is 9.59 Å².